The van der Waals surface area contributed by atoms with Crippen LogP contribution in [-0.4, -0.2) is 36.0 Å². The molecule has 0 saturated heterocycles. The van der Waals surface area contributed by atoms with E-state index in [1.165, 1.54) is 32.1 Å². The normalized spacial score (nSPS) is 11.0. The molecule has 1 heterocycles. The molecular weight excluding hydrogens is 416 g/mol. The second-order valence-corrected chi connectivity index (χ2v) is 7.78. The van der Waals surface area contributed by atoms with Crippen LogP contribution in [0.1, 0.15) is 61.5 Å². The summed E-state index contributed by atoms with van der Waals surface area (Å²) in [7, 11) is 1.60. The molecular formula is C26H32N4O3. The maximum atomic E-state index is 12.3. The number of hydrogen-bond acceptors (Lipinski definition) is 5. The van der Waals surface area contributed by atoms with Crippen molar-refractivity contribution >= 4 is 12.1 Å². The zero-order valence-electron chi connectivity index (χ0n) is 19.3. The zero-order chi connectivity index (χ0) is 23.3. The average Bonchev–Trinajstić information content (AvgIpc) is 3.34. The fourth-order valence-electron chi connectivity index (χ4n) is 3.33. The van der Waals surface area contributed by atoms with Crippen LogP contribution in [0, 0.1) is 0 Å². The Morgan fingerprint density at radius 2 is 1.82 bits per heavy atom. The molecule has 0 unspecified atom stereocenters. The van der Waals surface area contributed by atoms with Gasteiger partial charge >= 0.3 is 0 Å². The molecule has 2 aromatic carbocycles. The number of nitrogens with one attached hydrogen (secondary N) is 2. The van der Waals surface area contributed by atoms with E-state index in [9.17, 15) is 4.79 Å². The van der Waals surface area contributed by atoms with Crippen LogP contribution in [0.15, 0.2) is 59.7 Å². The zero-order valence-corrected chi connectivity index (χ0v) is 19.3. The van der Waals surface area contributed by atoms with Crippen LogP contribution in [0.25, 0.3) is 11.3 Å². The Balaban J connectivity index is 1.47. The van der Waals surface area contributed by atoms with Gasteiger partial charge in [0.1, 0.15) is 17.2 Å². The number of benzene rings is 2. The number of carbonyl (C=O) groups is 1. The molecule has 7 nitrogen and oxygen atoms in total. The molecule has 33 heavy (non-hydrogen) atoms. The summed E-state index contributed by atoms with van der Waals surface area (Å²) < 4.78 is 11.0. The van der Waals surface area contributed by atoms with Gasteiger partial charge in [-0.1, -0.05) is 51.2 Å². The number of nitrogens with zero attached hydrogens (tertiary/aromatic N) is 2. The third kappa shape index (κ3) is 7.79. The second-order valence-electron chi connectivity index (χ2n) is 7.78. The Hall–Kier alpha value is -3.61. The van der Waals surface area contributed by atoms with Gasteiger partial charge in [0.05, 0.1) is 25.6 Å². The van der Waals surface area contributed by atoms with Crippen LogP contribution in [0.4, 0.5) is 0 Å². The first-order valence-electron chi connectivity index (χ1n) is 11.5. The molecule has 0 saturated carbocycles. The van der Waals surface area contributed by atoms with E-state index >= 15 is 0 Å². The minimum absolute atomic E-state index is 0.330. The number of amides is 1. The number of H-pyrrole nitrogens is 1. The van der Waals surface area contributed by atoms with Gasteiger partial charge in [0.2, 0.25) is 0 Å². The molecule has 3 rings (SSSR count). The molecule has 0 radical (unpaired) electrons. The predicted molar refractivity (Wildman–Crippen MR) is 131 cm³/mol. The summed E-state index contributed by atoms with van der Waals surface area (Å²) in [5.74, 6) is 1.20. The van der Waals surface area contributed by atoms with Crippen LogP contribution < -0.4 is 14.9 Å². The Bertz CT molecular complexity index is 1030. The highest BCUT2D eigenvalue weighted by atomic mass is 16.5. The van der Waals surface area contributed by atoms with Crippen molar-refractivity contribution in [3.05, 3.63) is 65.9 Å². The lowest BCUT2D eigenvalue weighted by atomic mass is 10.1. The number of ether oxygens (including phenoxy) is 2. The monoisotopic (exact) mass is 448 g/mol. The first-order chi connectivity index (χ1) is 16.2. The van der Waals surface area contributed by atoms with Gasteiger partial charge in [-0.05, 0) is 54.4 Å². The summed E-state index contributed by atoms with van der Waals surface area (Å²) >= 11 is 0. The number of carbonyl (C=O) groups excluding carboxylic acids is 1. The van der Waals surface area contributed by atoms with Crippen LogP contribution in [-0.2, 0) is 0 Å². The summed E-state index contributed by atoms with van der Waals surface area (Å²) in [5.41, 5.74) is 5.23. The molecule has 174 valence electrons. The van der Waals surface area contributed by atoms with Crippen molar-refractivity contribution in [1.82, 2.24) is 15.6 Å². The van der Waals surface area contributed by atoms with E-state index < -0.39 is 0 Å². The molecule has 3 aromatic rings. The van der Waals surface area contributed by atoms with Crippen LogP contribution in [0.2, 0.25) is 0 Å². The lowest BCUT2D eigenvalue weighted by molar-refractivity contribution is 0.0950. The average molecular weight is 449 g/mol. The summed E-state index contributed by atoms with van der Waals surface area (Å²) in [6, 6.07) is 16.8. The molecule has 0 aliphatic heterocycles. The lowest BCUT2D eigenvalue weighted by Crippen LogP contribution is -2.18. The van der Waals surface area contributed by atoms with Gasteiger partial charge in [-0.25, -0.2) is 5.43 Å². The van der Waals surface area contributed by atoms with Crippen LogP contribution in [0.5, 0.6) is 11.5 Å². The molecule has 7 heteroatoms. The van der Waals surface area contributed by atoms with E-state index in [1.54, 1.807) is 19.4 Å². The number of methoxy groups -OCH3 is 1. The second kappa shape index (κ2) is 13.1. The van der Waals surface area contributed by atoms with Crippen molar-refractivity contribution in [3.63, 3.8) is 0 Å². The Morgan fingerprint density at radius 3 is 2.61 bits per heavy atom. The molecule has 0 fully saturated rings. The van der Waals surface area contributed by atoms with Crippen molar-refractivity contribution in [2.24, 2.45) is 5.10 Å². The van der Waals surface area contributed by atoms with E-state index in [-0.39, 0.29) is 5.91 Å². The van der Waals surface area contributed by atoms with Crippen molar-refractivity contribution in [1.29, 1.82) is 0 Å². The van der Waals surface area contributed by atoms with Crippen LogP contribution in [0.3, 0.4) is 0 Å². The van der Waals surface area contributed by atoms with Gasteiger partial charge in [0, 0.05) is 5.56 Å². The topological polar surface area (TPSA) is 88.6 Å². The fourth-order valence-corrected chi connectivity index (χ4v) is 3.33. The third-order valence-corrected chi connectivity index (χ3v) is 5.21. The quantitative estimate of drug-likeness (QED) is 0.203. The van der Waals surface area contributed by atoms with Gasteiger partial charge in [0.15, 0.2) is 0 Å². The van der Waals surface area contributed by atoms with Crippen molar-refractivity contribution in [2.45, 2.75) is 45.4 Å². The SMILES string of the molecule is CCCCCCCCOc1ccc(-c2cc(C(=O)N/N=C/c3cccc(OC)c3)[nH]n2)cc1. The number of aromatic amines is 1. The minimum atomic E-state index is -0.369. The van der Waals surface area contributed by atoms with Crippen molar-refractivity contribution < 1.29 is 14.3 Å². The Labute approximate surface area is 195 Å². The Morgan fingerprint density at radius 1 is 1.03 bits per heavy atom. The highest BCUT2D eigenvalue weighted by Gasteiger charge is 2.10. The molecule has 0 aliphatic carbocycles. The summed E-state index contributed by atoms with van der Waals surface area (Å²) in [6.07, 6.45) is 9.00. The van der Waals surface area contributed by atoms with E-state index in [0.717, 1.165) is 35.7 Å². The molecule has 1 amide bonds. The largest absolute Gasteiger partial charge is 0.497 e. The summed E-state index contributed by atoms with van der Waals surface area (Å²) in [4.78, 5) is 12.3. The van der Waals surface area contributed by atoms with Crippen molar-refractivity contribution in [3.8, 4) is 22.8 Å². The van der Waals surface area contributed by atoms with E-state index in [4.69, 9.17) is 9.47 Å². The first kappa shape index (κ1) is 24.0. The maximum Gasteiger partial charge on any atom is 0.289 e. The number of hydrazone groups is 1. The standard InChI is InChI=1S/C26H32N4O3/c1-3-4-5-6-7-8-16-33-22-14-12-21(13-15-22)24-18-25(29-28-24)26(31)30-27-19-20-10-9-11-23(17-20)32-2/h9-15,17-19H,3-8,16H2,1-2H3,(H,28,29)(H,30,31)/b27-19+. The van der Waals surface area contributed by atoms with Gasteiger partial charge < -0.3 is 9.47 Å². The molecule has 0 spiro atoms. The first-order valence-corrected chi connectivity index (χ1v) is 11.5. The van der Waals surface area contributed by atoms with E-state index in [1.807, 2.05) is 48.5 Å². The molecule has 0 atom stereocenters. The third-order valence-electron chi connectivity index (χ3n) is 5.21. The minimum Gasteiger partial charge on any atom is -0.497 e. The molecule has 2 N–H and O–H groups in total. The molecule has 0 aliphatic rings. The van der Waals surface area contributed by atoms with Gasteiger partial charge in [-0.2, -0.15) is 10.2 Å². The molecule has 1 aromatic heterocycles. The van der Waals surface area contributed by atoms with Crippen LogP contribution >= 0.6 is 0 Å². The van der Waals surface area contributed by atoms with E-state index in [2.05, 4.69) is 27.6 Å². The summed E-state index contributed by atoms with van der Waals surface area (Å²) in [5, 5.41) is 11.0. The van der Waals surface area contributed by atoms with E-state index in [0.29, 0.717) is 11.4 Å². The predicted octanol–water partition coefficient (Wildman–Crippen LogP) is 5.59. The fraction of sp³-hybridized carbons (Fsp3) is 0.346. The van der Waals surface area contributed by atoms with Gasteiger partial charge in [-0.15, -0.1) is 0 Å². The van der Waals surface area contributed by atoms with Gasteiger partial charge in [0.25, 0.3) is 5.91 Å². The summed E-state index contributed by atoms with van der Waals surface area (Å²) in [6.45, 7) is 2.96. The highest BCUT2D eigenvalue weighted by molar-refractivity contribution is 5.94. The number of unbranched alkanes of at least 4 members (excludes halogenated alkanes) is 5. The highest BCUT2D eigenvalue weighted by Crippen LogP contribution is 2.21. The number of hydrogen-bond donors (Lipinski definition) is 2. The van der Waals surface area contributed by atoms with Crippen molar-refractivity contribution in [2.75, 3.05) is 13.7 Å². The lowest BCUT2D eigenvalue weighted by Gasteiger charge is -2.06. The smallest absolute Gasteiger partial charge is 0.289 e. The number of rotatable bonds is 13. The number of aromatic nitrogens is 2. The maximum absolute atomic E-state index is 12.3. The Kier molecular flexibility index (Phi) is 9.51. The van der Waals surface area contributed by atoms with Gasteiger partial charge in [-0.3, -0.25) is 9.89 Å². The molecule has 0 bridgehead atoms.